The van der Waals surface area contributed by atoms with Crippen molar-refractivity contribution >= 4 is 29.1 Å². The van der Waals surface area contributed by atoms with Gasteiger partial charge in [-0.25, -0.2) is 4.90 Å². The summed E-state index contributed by atoms with van der Waals surface area (Å²) in [6, 6.07) is 8.99. The largest absolute Gasteiger partial charge is 0.417 e. The molecule has 0 N–H and O–H groups in total. The average molecular weight is 326 g/mol. The predicted octanol–water partition coefficient (Wildman–Crippen LogP) is 4.16. The van der Waals surface area contributed by atoms with Crippen molar-refractivity contribution in [2.45, 2.75) is 6.18 Å². The van der Waals surface area contributed by atoms with Crippen LogP contribution in [0.4, 0.5) is 18.9 Å². The Kier molecular flexibility index (Phi) is 3.21. The van der Waals surface area contributed by atoms with Crippen LogP contribution in [0.1, 0.15) is 26.3 Å². The third-order valence-corrected chi connectivity index (χ3v) is 3.64. The maximum atomic E-state index is 12.9. The molecular weight excluding hydrogens is 319 g/mol. The lowest BCUT2D eigenvalue weighted by Gasteiger charge is -2.17. The molecule has 0 bridgehead atoms. The number of halogens is 4. The summed E-state index contributed by atoms with van der Waals surface area (Å²) in [5.41, 5.74) is -0.932. The molecule has 112 valence electrons. The monoisotopic (exact) mass is 325 g/mol. The van der Waals surface area contributed by atoms with Gasteiger partial charge in [-0.1, -0.05) is 23.7 Å². The van der Waals surface area contributed by atoms with Gasteiger partial charge in [0.1, 0.15) is 0 Å². The molecule has 0 fully saturated rings. The van der Waals surface area contributed by atoms with Crippen LogP contribution >= 0.6 is 11.6 Å². The zero-order chi connectivity index (χ0) is 16.1. The first kappa shape index (κ1) is 14.6. The average Bonchev–Trinajstić information content (AvgIpc) is 2.71. The number of rotatable bonds is 1. The Morgan fingerprint density at radius 3 is 1.95 bits per heavy atom. The number of nitrogens with zero attached hydrogens (tertiary/aromatic N) is 1. The van der Waals surface area contributed by atoms with Crippen molar-refractivity contribution in [3.8, 4) is 0 Å². The summed E-state index contributed by atoms with van der Waals surface area (Å²) < 4.78 is 38.7. The number of fused-ring (bicyclic) bond motifs is 1. The van der Waals surface area contributed by atoms with Crippen LogP contribution in [-0.2, 0) is 6.18 Å². The van der Waals surface area contributed by atoms with Crippen molar-refractivity contribution in [1.82, 2.24) is 0 Å². The van der Waals surface area contributed by atoms with E-state index in [0.29, 0.717) is 6.07 Å². The first-order chi connectivity index (χ1) is 10.3. The van der Waals surface area contributed by atoms with E-state index >= 15 is 0 Å². The van der Waals surface area contributed by atoms with E-state index in [0.717, 1.165) is 11.0 Å². The third-order valence-electron chi connectivity index (χ3n) is 3.31. The van der Waals surface area contributed by atoms with Gasteiger partial charge in [-0.05, 0) is 30.3 Å². The zero-order valence-corrected chi connectivity index (χ0v) is 11.6. The summed E-state index contributed by atoms with van der Waals surface area (Å²) >= 11 is 5.54. The Bertz CT molecular complexity index is 767. The Balaban J connectivity index is 2.11. The van der Waals surface area contributed by atoms with Gasteiger partial charge in [-0.15, -0.1) is 0 Å². The molecule has 0 saturated carbocycles. The number of hydrogen-bond donors (Lipinski definition) is 0. The molecule has 3 rings (SSSR count). The lowest BCUT2D eigenvalue weighted by atomic mass is 10.1. The Labute approximate surface area is 127 Å². The molecule has 1 aliphatic rings. The number of anilines is 1. The van der Waals surface area contributed by atoms with Gasteiger partial charge in [-0.2, -0.15) is 13.2 Å². The summed E-state index contributed by atoms with van der Waals surface area (Å²) in [5.74, 6) is -1.31. The van der Waals surface area contributed by atoms with E-state index in [4.69, 9.17) is 11.6 Å². The van der Waals surface area contributed by atoms with Crippen molar-refractivity contribution in [2.75, 3.05) is 4.90 Å². The quantitative estimate of drug-likeness (QED) is 0.738. The lowest BCUT2D eigenvalue weighted by Crippen LogP contribution is -2.29. The highest BCUT2D eigenvalue weighted by Crippen LogP contribution is 2.38. The lowest BCUT2D eigenvalue weighted by molar-refractivity contribution is -0.137. The fourth-order valence-electron chi connectivity index (χ4n) is 2.29. The minimum absolute atomic E-state index is 0.163. The van der Waals surface area contributed by atoms with E-state index in [1.165, 1.54) is 18.2 Å². The Morgan fingerprint density at radius 2 is 1.45 bits per heavy atom. The van der Waals surface area contributed by atoms with Gasteiger partial charge in [0.15, 0.2) is 0 Å². The number of hydrogen-bond acceptors (Lipinski definition) is 2. The number of imide groups is 1. The second-order valence-corrected chi connectivity index (χ2v) is 5.06. The molecule has 3 nitrogen and oxygen atoms in total. The van der Waals surface area contributed by atoms with E-state index in [1.54, 1.807) is 12.1 Å². The molecular formula is C15H7ClF3NO2. The SMILES string of the molecule is O=C1c2ccccc2C(=O)N1c1ccc(Cl)c(C(F)(F)F)c1. The number of carbonyl (C=O) groups excluding carboxylic acids is 2. The molecule has 2 amide bonds. The van der Waals surface area contributed by atoms with Gasteiger partial charge < -0.3 is 0 Å². The molecule has 0 saturated heterocycles. The molecule has 1 aliphatic heterocycles. The highest BCUT2D eigenvalue weighted by atomic mass is 35.5. The zero-order valence-electron chi connectivity index (χ0n) is 10.8. The highest BCUT2D eigenvalue weighted by Gasteiger charge is 2.39. The maximum Gasteiger partial charge on any atom is 0.417 e. The molecule has 0 aliphatic carbocycles. The maximum absolute atomic E-state index is 12.9. The molecule has 2 aromatic rings. The van der Waals surface area contributed by atoms with Gasteiger partial charge in [0, 0.05) is 0 Å². The van der Waals surface area contributed by atoms with Crippen LogP contribution < -0.4 is 4.90 Å². The number of carbonyl (C=O) groups is 2. The van der Waals surface area contributed by atoms with E-state index in [-0.39, 0.29) is 16.8 Å². The second-order valence-electron chi connectivity index (χ2n) is 4.65. The number of amides is 2. The summed E-state index contributed by atoms with van der Waals surface area (Å²) in [7, 11) is 0. The van der Waals surface area contributed by atoms with E-state index < -0.39 is 28.6 Å². The Morgan fingerprint density at radius 1 is 0.909 bits per heavy atom. The van der Waals surface area contributed by atoms with Gasteiger partial charge in [0.2, 0.25) is 0 Å². The molecule has 22 heavy (non-hydrogen) atoms. The number of benzene rings is 2. The summed E-state index contributed by atoms with van der Waals surface area (Å²) in [4.78, 5) is 25.2. The van der Waals surface area contributed by atoms with Crippen LogP contribution in [-0.4, -0.2) is 11.8 Å². The van der Waals surface area contributed by atoms with Crippen molar-refractivity contribution in [1.29, 1.82) is 0 Å². The van der Waals surface area contributed by atoms with Gasteiger partial charge in [-0.3, -0.25) is 9.59 Å². The summed E-state index contributed by atoms with van der Waals surface area (Å²) in [5, 5.41) is -0.493. The molecule has 0 radical (unpaired) electrons. The van der Waals surface area contributed by atoms with Crippen molar-refractivity contribution in [3.05, 3.63) is 64.2 Å². The number of alkyl halides is 3. The van der Waals surface area contributed by atoms with E-state index in [9.17, 15) is 22.8 Å². The highest BCUT2D eigenvalue weighted by molar-refractivity contribution is 6.35. The minimum Gasteiger partial charge on any atom is -0.268 e. The minimum atomic E-state index is -4.67. The topological polar surface area (TPSA) is 37.4 Å². The van der Waals surface area contributed by atoms with Crippen LogP contribution in [0.15, 0.2) is 42.5 Å². The van der Waals surface area contributed by atoms with E-state index in [2.05, 4.69) is 0 Å². The summed E-state index contributed by atoms with van der Waals surface area (Å²) in [6.07, 6.45) is -4.67. The van der Waals surface area contributed by atoms with Crippen LogP contribution in [0.3, 0.4) is 0 Å². The van der Waals surface area contributed by atoms with Gasteiger partial charge >= 0.3 is 6.18 Å². The first-order valence-electron chi connectivity index (χ1n) is 6.15. The summed E-state index contributed by atoms with van der Waals surface area (Å²) in [6.45, 7) is 0. The van der Waals surface area contributed by atoms with Crippen molar-refractivity contribution in [3.63, 3.8) is 0 Å². The van der Waals surface area contributed by atoms with Gasteiger partial charge in [0.05, 0.1) is 27.4 Å². The molecule has 0 spiro atoms. The van der Waals surface area contributed by atoms with Gasteiger partial charge in [0.25, 0.3) is 11.8 Å². The van der Waals surface area contributed by atoms with Crippen LogP contribution in [0.5, 0.6) is 0 Å². The molecule has 1 heterocycles. The molecule has 0 aromatic heterocycles. The first-order valence-corrected chi connectivity index (χ1v) is 6.53. The molecule has 7 heteroatoms. The smallest absolute Gasteiger partial charge is 0.268 e. The molecule has 0 unspecified atom stereocenters. The third kappa shape index (κ3) is 2.16. The van der Waals surface area contributed by atoms with Crippen LogP contribution in [0.2, 0.25) is 5.02 Å². The van der Waals surface area contributed by atoms with Crippen LogP contribution in [0, 0.1) is 0 Å². The van der Waals surface area contributed by atoms with E-state index in [1.807, 2.05) is 0 Å². The standard InChI is InChI=1S/C15H7ClF3NO2/c16-12-6-5-8(7-11(12)15(17,18)19)20-13(21)9-3-1-2-4-10(9)14(20)22/h1-7H. The predicted molar refractivity (Wildman–Crippen MR) is 74.0 cm³/mol. The van der Waals surface area contributed by atoms with Crippen LogP contribution in [0.25, 0.3) is 0 Å². The normalized spacial score (nSPS) is 14.5. The second kappa shape index (κ2) is 4.84. The fourth-order valence-corrected chi connectivity index (χ4v) is 2.52. The molecule has 2 aromatic carbocycles. The fraction of sp³-hybridized carbons (Fsp3) is 0.0667. The Hall–Kier alpha value is -2.34. The van der Waals surface area contributed by atoms with Crippen molar-refractivity contribution in [2.24, 2.45) is 0 Å². The van der Waals surface area contributed by atoms with Crippen molar-refractivity contribution < 1.29 is 22.8 Å². The molecule has 0 atom stereocenters.